The van der Waals surface area contributed by atoms with E-state index in [1.165, 1.54) is 18.4 Å². The molecule has 0 radical (unpaired) electrons. The van der Waals surface area contributed by atoms with Gasteiger partial charge in [-0.05, 0) is 43.4 Å². The predicted molar refractivity (Wildman–Crippen MR) is 69.6 cm³/mol. The van der Waals surface area contributed by atoms with E-state index in [-0.39, 0.29) is 0 Å². The van der Waals surface area contributed by atoms with Crippen LogP contribution in [0.4, 0.5) is 5.69 Å². The number of likely N-dealkylation sites (tertiary alicyclic amines) is 1. The van der Waals surface area contributed by atoms with Gasteiger partial charge in [0, 0.05) is 25.2 Å². The van der Waals surface area contributed by atoms with Crippen molar-refractivity contribution < 1.29 is 4.79 Å². The fourth-order valence-corrected chi connectivity index (χ4v) is 2.25. The highest BCUT2D eigenvalue weighted by Crippen LogP contribution is 2.12. The van der Waals surface area contributed by atoms with Crippen LogP contribution < -0.4 is 5.73 Å². The minimum atomic E-state index is 0.318. The molecule has 3 heteroatoms. The van der Waals surface area contributed by atoms with E-state index < -0.39 is 0 Å². The van der Waals surface area contributed by atoms with Gasteiger partial charge in [0.1, 0.15) is 0 Å². The van der Waals surface area contributed by atoms with Gasteiger partial charge in [0.25, 0.3) is 0 Å². The van der Waals surface area contributed by atoms with Crippen molar-refractivity contribution in [1.29, 1.82) is 0 Å². The zero-order chi connectivity index (χ0) is 12.1. The lowest BCUT2D eigenvalue weighted by atomic mass is 10.1. The number of rotatable bonds is 4. The van der Waals surface area contributed by atoms with Crippen LogP contribution in [0.1, 0.15) is 31.2 Å². The highest BCUT2D eigenvalue weighted by molar-refractivity contribution is 5.76. The van der Waals surface area contributed by atoms with Gasteiger partial charge in [0.2, 0.25) is 5.91 Å². The lowest BCUT2D eigenvalue weighted by Gasteiger charge is -2.14. The number of carbonyl (C=O) groups is 1. The van der Waals surface area contributed by atoms with Crippen molar-refractivity contribution in [3.8, 4) is 0 Å². The summed E-state index contributed by atoms with van der Waals surface area (Å²) in [6.07, 6.45) is 4.90. The predicted octanol–water partition coefficient (Wildman–Crippen LogP) is 2.21. The van der Waals surface area contributed by atoms with E-state index >= 15 is 0 Å². The number of carbonyl (C=O) groups excluding carboxylic acids is 1. The largest absolute Gasteiger partial charge is 0.399 e. The number of aryl methyl sites for hydroxylation is 1. The molecule has 2 N–H and O–H groups in total. The molecule has 3 nitrogen and oxygen atoms in total. The zero-order valence-corrected chi connectivity index (χ0v) is 10.2. The van der Waals surface area contributed by atoms with Crippen LogP contribution in [-0.2, 0) is 11.2 Å². The van der Waals surface area contributed by atoms with Gasteiger partial charge in [-0.2, -0.15) is 0 Å². The molecule has 2 rings (SSSR count). The van der Waals surface area contributed by atoms with Crippen LogP contribution in [0.5, 0.6) is 0 Å². The lowest BCUT2D eigenvalue weighted by Crippen LogP contribution is -2.27. The minimum Gasteiger partial charge on any atom is -0.399 e. The maximum atomic E-state index is 11.8. The lowest BCUT2D eigenvalue weighted by molar-refractivity contribution is -0.130. The summed E-state index contributed by atoms with van der Waals surface area (Å²) < 4.78 is 0. The van der Waals surface area contributed by atoms with Crippen LogP contribution in [0.25, 0.3) is 0 Å². The number of anilines is 1. The molecule has 0 bridgehead atoms. The molecule has 1 saturated heterocycles. The summed E-state index contributed by atoms with van der Waals surface area (Å²) in [7, 11) is 0. The second kappa shape index (κ2) is 5.71. The molecular formula is C14H20N2O. The zero-order valence-electron chi connectivity index (χ0n) is 10.2. The van der Waals surface area contributed by atoms with Gasteiger partial charge in [-0.15, -0.1) is 0 Å². The quantitative estimate of drug-likeness (QED) is 0.809. The number of nitrogen functional groups attached to an aromatic ring is 1. The molecule has 1 aromatic rings. The summed E-state index contributed by atoms with van der Waals surface area (Å²) in [6.45, 7) is 1.92. The fourth-order valence-electron chi connectivity index (χ4n) is 2.25. The normalized spacial score (nSPS) is 15.2. The molecule has 1 aliphatic heterocycles. The van der Waals surface area contributed by atoms with E-state index in [0.717, 1.165) is 31.6 Å². The van der Waals surface area contributed by atoms with E-state index in [4.69, 9.17) is 5.73 Å². The van der Waals surface area contributed by atoms with Crippen molar-refractivity contribution in [1.82, 2.24) is 4.90 Å². The number of nitrogens with zero attached hydrogens (tertiary/aromatic N) is 1. The molecule has 0 spiro atoms. The van der Waals surface area contributed by atoms with Gasteiger partial charge in [0.15, 0.2) is 0 Å². The summed E-state index contributed by atoms with van der Waals surface area (Å²) in [6, 6.07) is 7.90. The Morgan fingerprint density at radius 1 is 1.18 bits per heavy atom. The second-order valence-corrected chi connectivity index (χ2v) is 4.68. The summed E-state index contributed by atoms with van der Waals surface area (Å²) in [5, 5.41) is 0. The van der Waals surface area contributed by atoms with Crippen molar-refractivity contribution in [2.45, 2.75) is 32.1 Å². The fraction of sp³-hybridized carbons (Fsp3) is 0.500. The Kier molecular flexibility index (Phi) is 4.02. The third-order valence-corrected chi connectivity index (χ3v) is 3.29. The first-order valence-electron chi connectivity index (χ1n) is 6.38. The van der Waals surface area contributed by atoms with Crippen molar-refractivity contribution in [2.24, 2.45) is 0 Å². The van der Waals surface area contributed by atoms with E-state index in [1.54, 1.807) is 0 Å². The van der Waals surface area contributed by atoms with E-state index in [0.29, 0.717) is 12.3 Å². The van der Waals surface area contributed by atoms with Crippen molar-refractivity contribution in [3.05, 3.63) is 29.8 Å². The van der Waals surface area contributed by atoms with Gasteiger partial charge in [0.05, 0.1) is 0 Å². The van der Waals surface area contributed by atoms with Crippen LogP contribution in [0, 0.1) is 0 Å². The number of hydrogen-bond acceptors (Lipinski definition) is 2. The monoisotopic (exact) mass is 232 g/mol. The van der Waals surface area contributed by atoms with Gasteiger partial charge in [-0.1, -0.05) is 12.1 Å². The first-order valence-corrected chi connectivity index (χ1v) is 6.38. The van der Waals surface area contributed by atoms with Crippen LogP contribution in [0.3, 0.4) is 0 Å². The molecular weight excluding hydrogens is 212 g/mol. The van der Waals surface area contributed by atoms with Crippen molar-refractivity contribution in [2.75, 3.05) is 18.8 Å². The molecule has 0 aliphatic carbocycles. The molecule has 1 amide bonds. The Morgan fingerprint density at radius 3 is 2.47 bits per heavy atom. The van der Waals surface area contributed by atoms with Gasteiger partial charge in [-0.25, -0.2) is 0 Å². The average Bonchev–Trinajstić information content (AvgIpc) is 2.85. The summed E-state index contributed by atoms with van der Waals surface area (Å²) in [5.41, 5.74) is 7.68. The second-order valence-electron chi connectivity index (χ2n) is 4.68. The van der Waals surface area contributed by atoms with E-state index in [2.05, 4.69) is 0 Å². The Balaban J connectivity index is 1.72. The number of benzene rings is 1. The highest BCUT2D eigenvalue weighted by atomic mass is 16.2. The molecule has 1 fully saturated rings. The van der Waals surface area contributed by atoms with Crippen molar-refractivity contribution in [3.63, 3.8) is 0 Å². The SMILES string of the molecule is Nc1ccc(CCCC(=O)N2CCCC2)cc1. The minimum absolute atomic E-state index is 0.318. The molecule has 17 heavy (non-hydrogen) atoms. The summed E-state index contributed by atoms with van der Waals surface area (Å²) in [5.74, 6) is 0.318. The van der Waals surface area contributed by atoms with Crippen LogP contribution in [0.2, 0.25) is 0 Å². The van der Waals surface area contributed by atoms with Gasteiger partial charge < -0.3 is 10.6 Å². The topological polar surface area (TPSA) is 46.3 Å². The third kappa shape index (κ3) is 3.48. The Morgan fingerprint density at radius 2 is 1.82 bits per heavy atom. The van der Waals surface area contributed by atoms with E-state index in [9.17, 15) is 4.79 Å². The first kappa shape index (κ1) is 12.0. The molecule has 1 heterocycles. The highest BCUT2D eigenvalue weighted by Gasteiger charge is 2.16. The van der Waals surface area contributed by atoms with Crippen molar-refractivity contribution >= 4 is 11.6 Å². The number of hydrogen-bond donors (Lipinski definition) is 1. The molecule has 0 atom stereocenters. The maximum Gasteiger partial charge on any atom is 0.222 e. The maximum absolute atomic E-state index is 11.8. The van der Waals surface area contributed by atoms with E-state index in [1.807, 2.05) is 29.2 Å². The standard InChI is InChI=1S/C14H20N2O/c15-13-8-6-12(7-9-13)4-3-5-14(17)16-10-1-2-11-16/h6-9H,1-5,10-11,15H2. The molecule has 0 unspecified atom stereocenters. The smallest absolute Gasteiger partial charge is 0.222 e. The third-order valence-electron chi connectivity index (χ3n) is 3.29. The summed E-state index contributed by atoms with van der Waals surface area (Å²) >= 11 is 0. The van der Waals surface area contributed by atoms with Gasteiger partial charge in [-0.3, -0.25) is 4.79 Å². The number of amides is 1. The number of nitrogens with two attached hydrogens (primary N) is 1. The molecule has 1 aliphatic rings. The molecule has 92 valence electrons. The van der Waals surface area contributed by atoms with Crippen LogP contribution in [-0.4, -0.2) is 23.9 Å². The summed E-state index contributed by atoms with van der Waals surface area (Å²) in [4.78, 5) is 13.8. The first-order chi connectivity index (χ1) is 8.25. The van der Waals surface area contributed by atoms with Gasteiger partial charge >= 0.3 is 0 Å². The Hall–Kier alpha value is -1.51. The van der Waals surface area contributed by atoms with Crippen LogP contribution in [0.15, 0.2) is 24.3 Å². The molecule has 1 aromatic carbocycles. The Labute approximate surface area is 103 Å². The van der Waals surface area contributed by atoms with Crippen LogP contribution >= 0.6 is 0 Å². The molecule has 0 saturated carbocycles. The Bertz CT molecular complexity index is 366. The molecule has 0 aromatic heterocycles. The average molecular weight is 232 g/mol.